The number of hydrogen-bond donors (Lipinski definition) is 1. The third-order valence-corrected chi connectivity index (χ3v) is 3.36. The van der Waals surface area contributed by atoms with Gasteiger partial charge in [0, 0.05) is 11.3 Å². The van der Waals surface area contributed by atoms with Crippen LogP contribution in [0.5, 0.6) is 0 Å². The number of carbonyl (C=O) groups is 1. The normalized spacial score (nSPS) is 15.8. The highest BCUT2D eigenvalue weighted by Crippen LogP contribution is 2.29. The first-order valence-corrected chi connectivity index (χ1v) is 5.74. The van der Waals surface area contributed by atoms with Crippen molar-refractivity contribution in [3.8, 4) is 0 Å². The van der Waals surface area contributed by atoms with Gasteiger partial charge in [0.15, 0.2) is 0 Å². The Morgan fingerprint density at radius 3 is 3.13 bits per heavy atom. The number of amides is 1. The van der Waals surface area contributed by atoms with Crippen LogP contribution >= 0.6 is 11.3 Å². The van der Waals surface area contributed by atoms with E-state index in [9.17, 15) is 4.79 Å². The first kappa shape index (κ1) is 8.84. The molecule has 3 rings (SSSR count). The zero-order valence-corrected chi connectivity index (χ0v) is 9.04. The van der Waals surface area contributed by atoms with Gasteiger partial charge < -0.3 is 0 Å². The highest BCUT2D eigenvalue weighted by molar-refractivity contribution is 7.15. The first-order valence-electron chi connectivity index (χ1n) is 4.86. The number of hydrogen-bond acceptors (Lipinski definition) is 4. The summed E-state index contributed by atoms with van der Waals surface area (Å²) in [5.74, 6) is 0.653. The predicted molar refractivity (Wildman–Crippen MR) is 57.0 cm³/mol. The lowest BCUT2D eigenvalue weighted by Crippen LogP contribution is -2.14. The van der Waals surface area contributed by atoms with Crippen LogP contribution in [0.2, 0.25) is 0 Å². The van der Waals surface area contributed by atoms with Crippen molar-refractivity contribution < 1.29 is 4.79 Å². The summed E-state index contributed by atoms with van der Waals surface area (Å²) in [7, 11) is 0. The summed E-state index contributed by atoms with van der Waals surface area (Å²) in [6.45, 7) is 1.96. The number of thiazole rings is 1. The summed E-state index contributed by atoms with van der Waals surface area (Å²) < 4.78 is 1.74. The molecule has 1 amide bonds. The van der Waals surface area contributed by atoms with Gasteiger partial charge in [-0.3, -0.25) is 10.1 Å². The Bertz CT molecular complexity index is 525. The lowest BCUT2D eigenvalue weighted by Gasteiger charge is -1.96. The zero-order valence-electron chi connectivity index (χ0n) is 8.23. The third-order valence-electron chi connectivity index (χ3n) is 2.43. The van der Waals surface area contributed by atoms with Crippen molar-refractivity contribution in [1.29, 1.82) is 0 Å². The van der Waals surface area contributed by atoms with Gasteiger partial charge in [-0.2, -0.15) is 4.98 Å². The zero-order chi connectivity index (χ0) is 10.4. The third kappa shape index (κ3) is 1.50. The van der Waals surface area contributed by atoms with Gasteiger partial charge >= 0.3 is 0 Å². The molecule has 0 aromatic carbocycles. The molecule has 0 bridgehead atoms. The standard InChI is InChI=1S/C9H10N4OS/c1-5-4-15-9-11-8(12-13(5)9)10-7(14)6-2-3-6/h4,6H,2-3H2,1H3,(H,10,12,14). The van der Waals surface area contributed by atoms with Gasteiger partial charge in [-0.1, -0.05) is 0 Å². The fraction of sp³-hybridized carbons (Fsp3) is 0.444. The second-order valence-electron chi connectivity index (χ2n) is 3.77. The van der Waals surface area contributed by atoms with Crippen LogP contribution < -0.4 is 5.32 Å². The van der Waals surface area contributed by atoms with Crippen molar-refractivity contribution >= 4 is 28.2 Å². The molecule has 5 nitrogen and oxygen atoms in total. The van der Waals surface area contributed by atoms with Gasteiger partial charge in [0.25, 0.3) is 0 Å². The Hall–Kier alpha value is -1.43. The molecule has 2 aromatic heterocycles. The van der Waals surface area contributed by atoms with Crippen molar-refractivity contribution in [1.82, 2.24) is 14.6 Å². The van der Waals surface area contributed by atoms with E-state index in [0.717, 1.165) is 23.5 Å². The second kappa shape index (κ2) is 3.03. The lowest BCUT2D eigenvalue weighted by atomic mass is 10.4. The molecule has 1 N–H and O–H groups in total. The molecule has 0 atom stereocenters. The number of nitrogens with one attached hydrogen (secondary N) is 1. The van der Waals surface area contributed by atoms with E-state index >= 15 is 0 Å². The maximum Gasteiger partial charge on any atom is 0.250 e. The van der Waals surface area contributed by atoms with E-state index in [1.165, 1.54) is 11.3 Å². The van der Waals surface area contributed by atoms with Crippen LogP contribution in [0.3, 0.4) is 0 Å². The van der Waals surface area contributed by atoms with Gasteiger partial charge in [-0.25, -0.2) is 4.52 Å². The largest absolute Gasteiger partial charge is 0.293 e. The number of aromatic nitrogens is 3. The molecular weight excluding hydrogens is 212 g/mol. The smallest absolute Gasteiger partial charge is 0.250 e. The molecule has 2 aromatic rings. The number of anilines is 1. The molecule has 1 fully saturated rings. The van der Waals surface area contributed by atoms with E-state index in [4.69, 9.17) is 0 Å². The molecule has 6 heteroatoms. The van der Waals surface area contributed by atoms with Gasteiger partial charge in [-0.05, 0) is 19.8 Å². The minimum atomic E-state index is 0.0471. The molecule has 0 aliphatic heterocycles. The van der Waals surface area contributed by atoms with E-state index in [2.05, 4.69) is 15.4 Å². The molecule has 0 spiro atoms. The highest BCUT2D eigenvalue weighted by atomic mass is 32.1. The summed E-state index contributed by atoms with van der Waals surface area (Å²) in [4.78, 5) is 16.5. The van der Waals surface area contributed by atoms with E-state index in [1.807, 2.05) is 12.3 Å². The van der Waals surface area contributed by atoms with Gasteiger partial charge in [0.1, 0.15) is 0 Å². The number of nitrogens with zero attached hydrogens (tertiary/aromatic N) is 3. The van der Waals surface area contributed by atoms with E-state index in [0.29, 0.717) is 5.95 Å². The lowest BCUT2D eigenvalue weighted by molar-refractivity contribution is -0.117. The topological polar surface area (TPSA) is 59.3 Å². The quantitative estimate of drug-likeness (QED) is 0.836. The van der Waals surface area contributed by atoms with Crippen LogP contribution in [-0.2, 0) is 4.79 Å². The summed E-state index contributed by atoms with van der Waals surface area (Å²) >= 11 is 1.52. The second-order valence-corrected chi connectivity index (χ2v) is 4.61. The van der Waals surface area contributed by atoms with Crippen molar-refractivity contribution in [3.05, 3.63) is 11.1 Å². The van der Waals surface area contributed by atoms with Crippen LogP contribution in [0, 0.1) is 12.8 Å². The molecule has 2 heterocycles. The fourth-order valence-electron chi connectivity index (χ4n) is 1.40. The minimum Gasteiger partial charge on any atom is -0.293 e. The van der Waals surface area contributed by atoms with Gasteiger partial charge in [0.2, 0.25) is 16.8 Å². The average Bonchev–Trinajstić information content (AvgIpc) is 2.90. The van der Waals surface area contributed by atoms with Crippen molar-refractivity contribution in [2.24, 2.45) is 5.92 Å². The summed E-state index contributed by atoms with van der Waals surface area (Å²) in [5.41, 5.74) is 1.04. The first-order chi connectivity index (χ1) is 7.24. The fourth-order valence-corrected chi connectivity index (χ4v) is 2.20. The molecule has 1 saturated carbocycles. The Kier molecular flexibility index (Phi) is 1.79. The SMILES string of the molecule is Cc1csc2nc(NC(=O)C3CC3)nn12. The molecule has 1 aliphatic rings. The maximum absolute atomic E-state index is 11.5. The van der Waals surface area contributed by atoms with Crippen LogP contribution in [0.4, 0.5) is 5.95 Å². The van der Waals surface area contributed by atoms with Crippen molar-refractivity contribution in [3.63, 3.8) is 0 Å². The van der Waals surface area contributed by atoms with Crippen LogP contribution in [-0.4, -0.2) is 20.5 Å². The Labute approximate surface area is 90.1 Å². The number of aryl methyl sites for hydroxylation is 1. The molecule has 1 aliphatic carbocycles. The molecular formula is C9H10N4OS. The summed E-state index contributed by atoms with van der Waals surface area (Å²) in [5, 5.41) is 8.93. The maximum atomic E-state index is 11.5. The summed E-state index contributed by atoms with van der Waals surface area (Å²) in [6.07, 6.45) is 1.99. The number of rotatable bonds is 2. The molecule has 0 unspecified atom stereocenters. The van der Waals surface area contributed by atoms with Crippen molar-refractivity contribution in [2.75, 3.05) is 5.32 Å². The number of fused-ring (bicyclic) bond motifs is 1. The monoisotopic (exact) mass is 222 g/mol. The van der Waals surface area contributed by atoms with Crippen LogP contribution in [0.15, 0.2) is 5.38 Å². The van der Waals surface area contributed by atoms with Crippen molar-refractivity contribution in [2.45, 2.75) is 19.8 Å². The molecule has 0 saturated heterocycles. The Balaban J connectivity index is 1.87. The van der Waals surface area contributed by atoms with E-state index < -0.39 is 0 Å². The highest BCUT2D eigenvalue weighted by Gasteiger charge is 2.30. The Morgan fingerprint density at radius 2 is 2.47 bits per heavy atom. The average molecular weight is 222 g/mol. The number of carbonyl (C=O) groups excluding carboxylic acids is 1. The predicted octanol–water partition coefficient (Wildman–Crippen LogP) is 1.45. The van der Waals surface area contributed by atoms with Gasteiger partial charge in [0.05, 0.1) is 5.69 Å². The molecule has 0 radical (unpaired) electrons. The van der Waals surface area contributed by atoms with Crippen LogP contribution in [0.25, 0.3) is 4.96 Å². The van der Waals surface area contributed by atoms with Crippen LogP contribution in [0.1, 0.15) is 18.5 Å². The summed E-state index contributed by atoms with van der Waals surface area (Å²) in [6, 6.07) is 0. The van der Waals surface area contributed by atoms with E-state index in [-0.39, 0.29) is 11.8 Å². The Morgan fingerprint density at radius 1 is 1.67 bits per heavy atom. The van der Waals surface area contributed by atoms with Gasteiger partial charge in [-0.15, -0.1) is 16.4 Å². The minimum absolute atomic E-state index is 0.0471. The molecule has 15 heavy (non-hydrogen) atoms. The van der Waals surface area contributed by atoms with E-state index in [1.54, 1.807) is 4.52 Å². The molecule has 78 valence electrons.